The highest BCUT2D eigenvalue weighted by Gasteiger charge is 2.39. The van der Waals surface area contributed by atoms with Crippen molar-refractivity contribution in [2.45, 2.75) is 18.1 Å². The summed E-state index contributed by atoms with van der Waals surface area (Å²) in [6.45, 7) is 0.0362. The number of benzene rings is 4. The van der Waals surface area contributed by atoms with E-state index in [1.54, 1.807) is 30.3 Å². The monoisotopic (exact) mass is 488 g/mol. The normalized spacial score (nSPS) is 16.3. The number of ether oxygens (including phenoxy) is 1. The van der Waals surface area contributed by atoms with Gasteiger partial charge in [0.25, 0.3) is 0 Å². The minimum atomic E-state index is -0.467. The van der Waals surface area contributed by atoms with E-state index >= 15 is 0 Å². The Morgan fingerprint density at radius 2 is 1.30 bits per heavy atom. The second-order valence-corrected chi connectivity index (χ2v) is 8.88. The summed E-state index contributed by atoms with van der Waals surface area (Å²) >= 11 is 0. The molecule has 1 N–H and O–H groups in total. The molecule has 0 bridgehead atoms. The third-order valence-electron chi connectivity index (χ3n) is 6.51. The van der Waals surface area contributed by atoms with Crippen molar-refractivity contribution in [2.75, 3.05) is 11.9 Å². The lowest BCUT2D eigenvalue weighted by atomic mass is 9.96. The van der Waals surface area contributed by atoms with Crippen molar-refractivity contribution >= 4 is 17.6 Å². The fraction of sp³-hybridized carbons (Fsp3) is 0.125. The van der Waals surface area contributed by atoms with Crippen molar-refractivity contribution in [3.05, 3.63) is 150 Å². The van der Waals surface area contributed by atoms with Crippen LogP contribution in [0.3, 0.4) is 0 Å². The van der Waals surface area contributed by atoms with E-state index in [-0.39, 0.29) is 24.6 Å². The number of nitrogens with zero attached hydrogens (tertiary/aromatic N) is 1. The van der Waals surface area contributed by atoms with Gasteiger partial charge in [0.05, 0.1) is 23.7 Å². The zero-order chi connectivity index (χ0) is 25.5. The zero-order valence-electron chi connectivity index (χ0n) is 20.3. The van der Waals surface area contributed by atoms with Crippen LogP contribution in [0, 0.1) is 0 Å². The summed E-state index contributed by atoms with van der Waals surface area (Å²) in [6.07, 6.45) is 3.55. The van der Waals surface area contributed by atoms with Gasteiger partial charge in [0.15, 0.2) is 0 Å². The lowest BCUT2D eigenvalue weighted by Gasteiger charge is -2.38. The molecule has 0 saturated carbocycles. The van der Waals surface area contributed by atoms with Gasteiger partial charge in [-0.1, -0.05) is 103 Å². The van der Waals surface area contributed by atoms with Crippen molar-refractivity contribution in [2.24, 2.45) is 0 Å². The van der Waals surface area contributed by atoms with E-state index in [0.717, 1.165) is 16.8 Å². The van der Waals surface area contributed by atoms with Crippen LogP contribution in [0.2, 0.25) is 0 Å². The zero-order valence-corrected chi connectivity index (χ0v) is 20.3. The maximum atomic E-state index is 13.4. The molecule has 184 valence electrons. The van der Waals surface area contributed by atoms with Gasteiger partial charge in [-0.15, -0.1) is 0 Å². The van der Waals surface area contributed by atoms with Gasteiger partial charge in [-0.05, 0) is 35.4 Å². The Hall–Kier alpha value is -4.64. The third-order valence-corrected chi connectivity index (χ3v) is 6.51. The van der Waals surface area contributed by atoms with Crippen LogP contribution in [0.5, 0.6) is 0 Å². The average Bonchev–Trinajstić information content (AvgIpc) is 3.34. The molecule has 1 heterocycles. The van der Waals surface area contributed by atoms with Gasteiger partial charge in [0, 0.05) is 11.8 Å². The number of para-hydroxylation sites is 1. The summed E-state index contributed by atoms with van der Waals surface area (Å²) < 4.78 is 5.78. The highest BCUT2D eigenvalue weighted by Crippen LogP contribution is 2.35. The molecule has 4 aromatic rings. The van der Waals surface area contributed by atoms with E-state index in [0.29, 0.717) is 5.56 Å². The van der Waals surface area contributed by atoms with E-state index < -0.39 is 12.0 Å². The standard InChI is InChI=1S/C32H28N2O3/c35-30-22-21-28(31(25-15-7-2-8-16-25)33-27-19-11-4-12-20-27)34(30)29(24-13-5-1-6-14-24)23-37-32(36)26-17-9-3-10-18-26/h1-22,28-29,31,33H,23H2/t28?,29-,31?/m0/s1. The molecule has 2 unspecified atom stereocenters. The van der Waals surface area contributed by atoms with Gasteiger partial charge < -0.3 is 15.0 Å². The van der Waals surface area contributed by atoms with Crippen molar-refractivity contribution in [1.29, 1.82) is 0 Å². The number of hydrogen-bond donors (Lipinski definition) is 1. The SMILES string of the molecule is O=C(OC[C@@H](c1ccccc1)N1C(=O)C=CC1C(Nc1ccccc1)c1ccccc1)c1ccccc1. The maximum Gasteiger partial charge on any atom is 0.338 e. The Labute approximate surface area is 217 Å². The van der Waals surface area contributed by atoms with Gasteiger partial charge in [-0.2, -0.15) is 0 Å². The summed E-state index contributed by atoms with van der Waals surface area (Å²) in [7, 11) is 0. The van der Waals surface area contributed by atoms with Crippen molar-refractivity contribution in [3.8, 4) is 0 Å². The first-order valence-electron chi connectivity index (χ1n) is 12.3. The molecule has 1 aliphatic rings. The van der Waals surface area contributed by atoms with E-state index in [1.807, 2.05) is 95.9 Å². The van der Waals surface area contributed by atoms with Crippen LogP contribution in [0.25, 0.3) is 0 Å². The van der Waals surface area contributed by atoms with Gasteiger partial charge in [-0.25, -0.2) is 4.79 Å². The molecular weight excluding hydrogens is 460 g/mol. The Morgan fingerprint density at radius 1 is 0.757 bits per heavy atom. The highest BCUT2D eigenvalue weighted by atomic mass is 16.5. The van der Waals surface area contributed by atoms with E-state index in [2.05, 4.69) is 17.4 Å². The van der Waals surface area contributed by atoms with Gasteiger partial charge in [0.1, 0.15) is 6.61 Å². The Morgan fingerprint density at radius 3 is 1.92 bits per heavy atom. The van der Waals surface area contributed by atoms with Gasteiger partial charge in [0.2, 0.25) is 5.91 Å². The predicted octanol–water partition coefficient (Wildman–Crippen LogP) is 6.21. The second kappa shape index (κ2) is 11.4. The molecular formula is C32H28N2O3. The molecule has 0 radical (unpaired) electrons. The molecule has 37 heavy (non-hydrogen) atoms. The van der Waals surface area contributed by atoms with Crippen molar-refractivity contribution < 1.29 is 14.3 Å². The second-order valence-electron chi connectivity index (χ2n) is 8.88. The van der Waals surface area contributed by atoms with Gasteiger partial charge >= 0.3 is 5.97 Å². The van der Waals surface area contributed by atoms with E-state index in [9.17, 15) is 9.59 Å². The maximum absolute atomic E-state index is 13.4. The minimum Gasteiger partial charge on any atom is -0.460 e. The Balaban J connectivity index is 1.48. The first-order valence-corrected chi connectivity index (χ1v) is 12.3. The molecule has 3 atom stereocenters. The number of esters is 1. The summed E-state index contributed by atoms with van der Waals surface area (Å²) in [5, 5.41) is 3.63. The molecule has 5 nitrogen and oxygen atoms in total. The van der Waals surface area contributed by atoms with Crippen LogP contribution >= 0.6 is 0 Å². The lowest BCUT2D eigenvalue weighted by molar-refractivity contribution is -0.130. The first-order chi connectivity index (χ1) is 18.2. The van der Waals surface area contributed by atoms with Crippen LogP contribution in [0.4, 0.5) is 5.69 Å². The van der Waals surface area contributed by atoms with Crippen LogP contribution < -0.4 is 5.32 Å². The number of amides is 1. The highest BCUT2D eigenvalue weighted by molar-refractivity contribution is 5.92. The molecule has 1 aliphatic heterocycles. The Bertz CT molecular complexity index is 1340. The largest absolute Gasteiger partial charge is 0.460 e. The van der Waals surface area contributed by atoms with Crippen LogP contribution in [-0.2, 0) is 9.53 Å². The molecule has 0 fully saturated rings. The topological polar surface area (TPSA) is 58.6 Å². The fourth-order valence-electron chi connectivity index (χ4n) is 4.70. The molecule has 0 saturated heterocycles. The smallest absolute Gasteiger partial charge is 0.338 e. The van der Waals surface area contributed by atoms with Crippen molar-refractivity contribution in [1.82, 2.24) is 4.90 Å². The molecule has 5 rings (SSSR count). The lowest BCUT2D eigenvalue weighted by Crippen LogP contribution is -2.44. The quantitative estimate of drug-likeness (QED) is 0.285. The van der Waals surface area contributed by atoms with E-state index in [1.165, 1.54) is 0 Å². The van der Waals surface area contributed by atoms with Gasteiger partial charge in [-0.3, -0.25) is 4.79 Å². The fourth-order valence-corrected chi connectivity index (χ4v) is 4.70. The Kier molecular flexibility index (Phi) is 7.42. The molecule has 0 spiro atoms. The number of nitrogens with one attached hydrogen (secondary N) is 1. The molecule has 0 aromatic heterocycles. The van der Waals surface area contributed by atoms with Crippen LogP contribution in [-0.4, -0.2) is 29.4 Å². The number of carbonyl (C=O) groups is 2. The summed E-state index contributed by atoms with van der Waals surface area (Å²) in [5.41, 5.74) is 3.38. The van der Waals surface area contributed by atoms with Crippen molar-refractivity contribution in [3.63, 3.8) is 0 Å². The predicted molar refractivity (Wildman–Crippen MR) is 145 cm³/mol. The summed E-state index contributed by atoms with van der Waals surface area (Å²) in [5.74, 6) is -0.537. The van der Waals surface area contributed by atoms with Crippen LogP contribution in [0.1, 0.15) is 33.6 Å². The number of carbonyl (C=O) groups excluding carboxylic acids is 2. The molecule has 5 heteroatoms. The third kappa shape index (κ3) is 5.62. The first kappa shape index (κ1) is 24.1. The minimum absolute atomic E-state index is 0.0362. The number of rotatable bonds is 9. The summed E-state index contributed by atoms with van der Waals surface area (Å²) in [6, 6.07) is 37.7. The number of hydrogen-bond acceptors (Lipinski definition) is 4. The van der Waals surface area contributed by atoms with Crippen LogP contribution in [0.15, 0.2) is 133 Å². The number of anilines is 1. The van der Waals surface area contributed by atoms with E-state index in [4.69, 9.17) is 4.74 Å². The molecule has 1 amide bonds. The average molecular weight is 489 g/mol. The summed E-state index contributed by atoms with van der Waals surface area (Å²) in [4.78, 5) is 28.0. The molecule has 0 aliphatic carbocycles. The molecule has 4 aromatic carbocycles.